The first kappa shape index (κ1) is 21.5. The summed E-state index contributed by atoms with van der Waals surface area (Å²) in [7, 11) is -3.51. The average molecular weight is 490 g/mol. The second-order valence-corrected chi connectivity index (χ2v) is 9.82. The zero-order chi connectivity index (χ0) is 20.1. The zero-order valence-electron chi connectivity index (χ0n) is 15.2. The molecule has 28 heavy (non-hydrogen) atoms. The summed E-state index contributed by atoms with van der Waals surface area (Å²) in [6.45, 7) is 2.40. The summed E-state index contributed by atoms with van der Waals surface area (Å²) in [6.07, 6.45) is -0.690. The Hall–Kier alpha value is -1.16. The van der Waals surface area contributed by atoms with Crippen molar-refractivity contribution in [1.29, 1.82) is 0 Å². The summed E-state index contributed by atoms with van der Waals surface area (Å²) in [5, 5.41) is 10.7. The van der Waals surface area contributed by atoms with Crippen LogP contribution in [-0.4, -0.2) is 68.2 Å². The molecule has 1 unspecified atom stereocenters. The van der Waals surface area contributed by atoms with Crippen LogP contribution in [0.1, 0.15) is 0 Å². The maximum atomic E-state index is 12.8. The lowest BCUT2D eigenvalue weighted by molar-refractivity contribution is 0.0569. The van der Waals surface area contributed by atoms with Crippen LogP contribution in [0, 0.1) is 0 Å². The summed E-state index contributed by atoms with van der Waals surface area (Å²) in [4.78, 5) is 2.32. The number of para-hydroxylation sites is 1. The number of benzene rings is 2. The lowest BCUT2D eigenvalue weighted by Gasteiger charge is -2.34. The molecule has 0 aliphatic carbocycles. The number of aliphatic hydroxyl groups excluding tert-OH is 1. The minimum atomic E-state index is -3.51. The average Bonchev–Trinajstić information content (AvgIpc) is 2.68. The van der Waals surface area contributed by atoms with Crippen molar-refractivity contribution in [1.82, 2.24) is 9.21 Å². The van der Waals surface area contributed by atoms with Gasteiger partial charge in [-0.2, -0.15) is 4.31 Å². The van der Waals surface area contributed by atoms with E-state index < -0.39 is 16.1 Å². The van der Waals surface area contributed by atoms with E-state index in [1.54, 1.807) is 36.4 Å². The number of hydrogen-bond acceptors (Lipinski definition) is 5. The van der Waals surface area contributed by atoms with E-state index in [-0.39, 0.29) is 11.5 Å². The van der Waals surface area contributed by atoms with Crippen molar-refractivity contribution in [3.8, 4) is 5.75 Å². The topological polar surface area (TPSA) is 70.1 Å². The summed E-state index contributed by atoms with van der Waals surface area (Å²) in [5.41, 5.74) is 0. The fourth-order valence-corrected chi connectivity index (χ4v) is 5.24. The van der Waals surface area contributed by atoms with Crippen molar-refractivity contribution >= 4 is 37.6 Å². The molecule has 1 saturated heterocycles. The SMILES string of the molecule is O=S(=O)(c1cccc(Br)c1)N1CCN(CC(O)COc2ccccc2Cl)CC1. The Morgan fingerprint density at radius 3 is 2.50 bits per heavy atom. The van der Waals surface area contributed by atoms with Gasteiger partial charge in [0.2, 0.25) is 10.0 Å². The van der Waals surface area contributed by atoms with E-state index >= 15 is 0 Å². The molecule has 1 aliphatic rings. The molecule has 3 rings (SSSR count). The minimum absolute atomic E-state index is 0.125. The molecule has 0 radical (unpaired) electrons. The molecule has 0 amide bonds. The van der Waals surface area contributed by atoms with Gasteiger partial charge in [0, 0.05) is 37.2 Å². The third kappa shape index (κ3) is 5.46. The van der Waals surface area contributed by atoms with Crippen molar-refractivity contribution in [3.05, 3.63) is 58.0 Å². The monoisotopic (exact) mass is 488 g/mol. The molecule has 6 nitrogen and oxygen atoms in total. The van der Waals surface area contributed by atoms with Crippen LogP contribution in [0.25, 0.3) is 0 Å². The molecular formula is C19H22BrClN2O4S. The molecule has 1 fully saturated rings. The third-order valence-electron chi connectivity index (χ3n) is 4.50. The molecule has 2 aromatic carbocycles. The Labute approximate surface area is 178 Å². The van der Waals surface area contributed by atoms with Crippen molar-refractivity contribution in [3.63, 3.8) is 0 Å². The van der Waals surface area contributed by atoms with E-state index in [0.29, 0.717) is 43.5 Å². The minimum Gasteiger partial charge on any atom is -0.489 e. The number of sulfonamides is 1. The van der Waals surface area contributed by atoms with Gasteiger partial charge in [0.25, 0.3) is 0 Å². The van der Waals surface area contributed by atoms with Gasteiger partial charge in [-0.15, -0.1) is 0 Å². The van der Waals surface area contributed by atoms with Gasteiger partial charge >= 0.3 is 0 Å². The number of hydrogen-bond donors (Lipinski definition) is 1. The van der Waals surface area contributed by atoms with Gasteiger partial charge in [-0.1, -0.05) is 45.7 Å². The Bertz CT molecular complexity index is 904. The van der Waals surface area contributed by atoms with Crippen LogP contribution in [0.3, 0.4) is 0 Å². The number of β-amino-alcohol motifs (C(OH)–C–C–N with tert-alkyl or cyclic N) is 1. The van der Waals surface area contributed by atoms with E-state index in [9.17, 15) is 13.5 Å². The van der Waals surface area contributed by atoms with Crippen molar-refractivity contribution in [2.75, 3.05) is 39.3 Å². The fourth-order valence-electron chi connectivity index (χ4n) is 3.03. The largest absolute Gasteiger partial charge is 0.489 e. The molecule has 0 aromatic heterocycles. The number of aliphatic hydroxyl groups is 1. The first-order chi connectivity index (χ1) is 13.4. The van der Waals surface area contributed by atoms with E-state index in [2.05, 4.69) is 15.9 Å². The second kappa shape index (κ2) is 9.56. The molecule has 152 valence electrons. The number of halogens is 2. The van der Waals surface area contributed by atoms with Gasteiger partial charge in [-0.3, -0.25) is 4.90 Å². The number of piperazine rings is 1. The van der Waals surface area contributed by atoms with Crippen LogP contribution in [0.15, 0.2) is 57.9 Å². The molecule has 0 saturated carbocycles. The highest BCUT2D eigenvalue weighted by Crippen LogP contribution is 2.23. The number of rotatable bonds is 7. The summed E-state index contributed by atoms with van der Waals surface area (Å²) in [5.74, 6) is 0.535. The smallest absolute Gasteiger partial charge is 0.243 e. The first-order valence-electron chi connectivity index (χ1n) is 8.90. The molecule has 1 heterocycles. The van der Waals surface area contributed by atoms with Gasteiger partial charge in [0.05, 0.1) is 9.92 Å². The highest BCUT2D eigenvalue weighted by atomic mass is 79.9. The fraction of sp³-hybridized carbons (Fsp3) is 0.368. The normalized spacial score (nSPS) is 17.4. The molecule has 2 aromatic rings. The Kier molecular flexibility index (Phi) is 7.36. The van der Waals surface area contributed by atoms with Gasteiger partial charge in [-0.05, 0) is 30.3 Å². The van der Waals surface area contributed by atoms with Crippen LogP contribution in [-0.2, 0) is 10.0 Å². The highest BCUT2D eigenvalue weighted by molar-refractivity contribution is 9.10. The van der Waals surface area contributed by atoms with E-state index in [1.165, 1.54) is 4.31 Å². The van der Waals surface area contributed by atoms with Crippen molar-refractivity contribution < 1.29 is 18.3 Å². The standard InChI is InChI=1S/C19H22BrClN2O4S/c20-15-4-3-5-17(12-15)28(25,26)23-10-8-22(9-11-23)13-16(24)14-27-19-7-2-1-6-18(19)21/h1-7,12,16,24H,8-11,13-14H2. The molecule has 1 atom stereocenters. The first-order valence-corrected chi connectivity index (χ1v) is 11.5. The predicted molar refractivity (Wildman–Crippen MR) is 112 cm³/mol. The van der Waals surface area contributed by atoms with E-state index in [1.807, 2.05) is 17.0 Å². The van der Waals surface area contributed by atoms with Crippen LogP contribution in [0.2, 0.25) is 5.02 Å². The Morgan fingerprint density at radius 1 is 1.11 bits per heavy atom. The van der Waals surface area contributed by atoms with E-state index in [4.69, 9.17) is 16.3 Å². The lowest BCUT2D eigenvalue weighted by atomic mass is 10.3. The van der Waals surface area contributed by atoms with Crippen LogP contribution in [0.5, 0.6) is 5.75 Å². The maximum Gasteiger partial charge on any atom is 0.243 e. The summed E-state index contributed by atoms with van der Waals surface area (Å²) < 4.78 is 33.3. The Morgan fingerprint density at radius 2 is 1.82 bits per heavy atom. The predicted octanol–water partition coefficient (Wildman–Crippen LogP) is 2.85. The van der Waals surface area contributed by atoms with Gasteiger partial charge in [0.1, 0.15) is 18.5 Å². The molecular weight excluding hydrogens is 468 g/mol. The highest BCUT2D eigenvalue weighted by Gasteiger charge is 2.29. The van der Waals surface area contributed by atoms with E-state index in [0.717, 1.165) is 4.47 Å². The van der Waals surface area contributed by atoms with Gasteiger partial charge < -0.3 is 9.84 Å². The number of ether oxygens (including phenoxy) is 1. The van der Waals surface area contributed by atoms with Crippen molar-refractivity contribution in [2.24, 2.45) is 0 Å². The van der Waals surface area contributed by atoms with Gasteiger partial charge in [0.15, 0.2) is 0 Å². The van der Waals surface area contributed by atoms with Crippen LogP contribution < -0.4 is 4.74 Å². The van der Waals surface area contributed by atoms with Crippen molar-refractivity contribution in [2.45, 2.75) is 11.0 Å². The Balaban J connectivity index is 1.49. The maximum absolute atomic E-state index is 12.8. The molecule has 1 aliphatic heterocycles. The number of nitrogens with zero attached hydrogens (tertiary/aromatic N) is 2. The zero-order valence-corrected chi connectivity index (χ0v) is 18.3. The molecule has 0 bridgehead atoms. The second-order valence-electron chi connectivity index (χ2n) is 6.56. The lowest BCUT2D eigenvalue weighted by Crippen LogP contribution is -2.50. The van der Waals surface area contributed by atoms with Crippen LogP contribution in [0.4, 0.5) is 0 Å². The molecule has 1 N–H and O–H groups in total. The summed E-state index contributed by atoms with van der Waals surface area (Å²) >= 11 is 9.35. The molecule has 9 heteroatoms. The van der Waals surface area contributed by atoms with Crippen LogP contribution >= 0.6 is 27.5 Å². The quantitative estimate of drug-likeness (QED) is 0.648. The third-order valence-corrected chi connectivity index (χ3v) is 7.20. The molecule has 0 spiro atoms. The summed E-state index contributed by atoms with van der Waals surface area (Å²) in [6, 6.07) is 13.8. The van der Waals surface area contributed by atoms with Gasteiger partial charge in [-0.25, -0.2) is 8.42 Å².